The maximum Gasteiger partial charge on any atom is 0.0846 e. The Bertz CT molecular complexity index is 591. The Hall–Kier alpha value is -1.19. The lowest BCUT2D eigenvalue weighted by Crippen LogP contribution is -2.07. The van der Waals surface area contributed by atoms with E-state index in [1.165, 1.54) is 40.1 Å². The number of ether oxygens (including phenoxy) is 1. The zero-order chi connectivity index (χ0) is 14.5. The summed E-state index contributed by atoms with van der Waals surface area (Å²) >= 11 is 1.79. The highest BCUT2D eigenvalue weighted by Gasteiger charge is 2.20. The molecule has 1 aromatic heterocycles. The van der Waals surface area contributed by atoms with E-state index in [0.29, 0.717) is 0 Å². The minimum absolute atomic E-state index is 0.881. The molecule has 0 radical (unpaired) electrons. The summed E-state index contributed by atoms with van der Waals surface area (Å²) < 4.78 is 5.67. The van der Waals surface area contributed by atoms with Crippen LogP contribution in [0.15, 0.2) is 23.7 Å². The molecule has 0 saturated heterocycles. The van der Waals surface area contributed by atoms with Crippen molar-refractivity contribution in [3.63, 3.8) is 0 Å². The van der Waals surface area contributed by atoms with Gasteiger partial charge in [-0.25, -0.2) is 4.98 Å². The van der Waals surface area contributed by atoms with Gasteiger partial charge in [0.25, 0.3) is 0 Å². The first-order chi connectivity index (χ1) is 10.4. The fraction of sp³-hybridized carbons (Fsp3) is 0.500. The van der Waals surface area contributed by atoms with Gasteiger partial charge in [0.1, 0.15) is 0 Å². The molecule has 0 N–H and O–H groups in total. The smallest absolute Gasteiger partial charge is 0.0846 e. The van der Waals surface area contributed by atoms with Crippen molar-refractivity contribution in [3.05, 3.63) is 39.7 Å². The molecule has 2 aromatic rings. The summed E-state index contributed by atoms with van der Waals surface area (Å²) in [4.78, 5) is 6.01. The molecule has 3 heteroatoms. The lowest BCUT2D eigenvalue weighted by Gasteiger charge is -2.19. The van der Waals surface area contributed by atoms with E-state index < -0.39 is 0 Å². The van der Waals surface area contributed by atoms with Crippen LogP contribution in [0, 0.1) is 0 Å². The summed E-state index contributed by atoms with van der Waals surface area (Å²) in [5.41, 5.74) is 7.58. The largest absolute Gasteiger partial charge is 0.381 e. The van der Waals surface area contributed by atoms with Crippen LogP contribution in [0.5, 0.6) is 0 Å². The minimum atomic E-state index is 0.881. The molecule has 0 aliphatic heterocycles. The van der Waals surface area contributed by atoms with Crippen molar-refractivity contribution in [2.45, 2.75) is 45.4 Å². The molecule has 0 unspecified atom stereocenters. The molecular formula is C18H23NOS. The Balaban J connectivity index is 1.64. The summed E-state index contributed by atoms with van der Waals surface area (Å²) in [5.74, 6) is 0. The predicted molar refractivity (Wildman–Crippen MR) is 89.0 cm³/mol. The SMILES string of the molecule is CCCCOCCCc1cccc2c1CCc1scnc1-2. The molecule has 0 spiro atoms. The van der Waals surface area contributed by atoms with Crippen LogP contribution in [-0.4, -0.2) is 18.2 Å². The predicted octanol–water partition coefficient (Wildman–Crippen LogP) is 4.66. The average Bonchev–Trinajstić information content (AvgIpc) is 2.99. The molecule has 3 rings (SSSR count). The van der Waals surface area contributed by atoms with Crippen molar-refractivity contribution in [3.8, 4) is 11.3 Å². The van der Waals surface area contributed by atoms with E-state index in [1.54, 1.807) is 11.3 Å². The van der Waals surface area contributed by atoms with Gasteiger partial charge in [-0.05, 0) is 43.2 Å². The third-order valence-corrected chi connectivity index (χ3v) is 5.04. The fourth-order valence-corrected chi connectivity index (χ4v) is 3.78. The number of benzene rings is 1. The molecule has 1 aliphatic rings. The normalized spacial score (nSPS) is 13.0. The maximum atomic E-state index is 5.67. The van der Waals surface area contributed by atoms with Crippen LogP contribution in [-0.2, 0) is 24.0 Å². The number of rotatable bonds is 7. The van der Waals surface area contributed by atoms with Gasteiger partial charge in [0, 0.05) is 23.7 Å². The topological polar surface area (TPSA) is 22.1 Å². The average molecular weight is 301 g/mol. The van der Waals surface area contributed by atoms with Gasteiger partial charge in [-0.15, -0.1) is 11.3 Å². The fourth-order valence-electron chi connectivity index (χ4n) is 3.01. The number of fused-ring (bicyclic) bond motifs is 3. The van der Waals surface area contributed by atoms with Crippen LogP contribution in [0.3, 0.4) is 0 Å². The van der Waals surface area contributed by atoms with E-state index in [0.717, 1.165) is 38.9 Å². The molecule has 1 aliphatic carbocycles. The summed E-state index contributed by atoms with van der Waals surface area (Å²) in [6, 6.07) is 6.69. The second-order valence-corrected chi connectivity index (χ2v) is 6.58. The monoisotopic (exact) mass is 301 g/mol. The number of aromatic nitrogens is 1. The van der Waals surface area contributed by atoms with Crippen LogP contribution in [0.4, 0.5) is 0 Å². The second-order valence-electron chi connectivity index (χ2n) is 5.64. The molecule has 1 heterocycles. The van der Waals surface area contributed by atoms with Gasteiger partial charge < -0.3 is 4.74 Å². The summed E-state index contributed by atoms with van der Waals surface area (Å²) in [5, 5.41) is 0. The molecule has 2 nitrogen and oxygen atoms in total. The number of hydrogen-bond acceptors (Lipinski definition) is 3. The Kier molecular flexibility index (Phi) is 5.04. The first-order valence-corrected chi connectivity index (χ1v) is 8.89. The van der Waals surface area contributed by atoms with Gasteiger partial charge in [-0.3, -0.25) is 0 Å². The zero-order valence-corrected chi connectivity index (χ0v) is 13.5. The lowest BCUT2D eigenvalue weighted by molar-refractivity contribution is 0.129. The van der Waals surface area contributed by atoms with Crippen molar-refractivity contribution >= 4 is 11.3 Å². The summed E-state index contributed by atoms with van der Waals surface area (Å²) in [6.45, 7) is 3.99. The highest BCUT2D eigenvalue weighted by atomic mass is 32.1. The molecule has 1 aromatic carbocycles. The molecule has 21 heavy (non-hydrogen) atoms. The Morgan fingerprint density at radius 1 is 1.19 bits per heavy atom. The third kappa shape index (κ3) is 3.35. The number of thiazole rings is 1. The van der Waals surface area contributed by atoms with Gasteiger partial charge >= 0.3 is 0 Å². The second kappa shape index (κ2) is 7.19. The molecule has 0 fully saturated rings. The van der Waals surface area contributed by atoms with Crippen LogP contribution >= 0.6 is 11.3 Å². The highest BCUT2D eigenvalue weighted by molar-refractivity contribution is 7.10. The Morgan fingerprint density at radius 2 is 2.10 bits per heavy atom. The van der Waals surface area contributed by atoms with Crippen molar-refractivity contribution in [1.82, 2.24) is 4.98 Å². The van der Waals surface area contributed by atoms with Crippen molar-refractivity contribution in [2.24, 2.45) is 0 Å². The van der Waals surface area contributed by atoms with Gasteiger partial charge in [0.05, 0.1) is 11.2 Å². The summed E-state index contributed by atoms with van der Waals surface area (Å²) in [7, 11) is 0. The van der Waals surface area contributed by atoms with Gasteiger partial charge in [-0.2, -0.15) is 0 Å². The standard InChI is InChI=1S/C18H23NOS/c1-2-3-11-20-12-5-7-14-6-4-8-16-15(14)9-10-17-18(16)19-13-21-17/h4,6,8,13H,2-3,5,7,9-12H2,1H3. The van der Waals surface area contributed by atoms with Crippen molar-refractivity contribution < 1.29 is 4.74 Å². The summed E-state index contributed by atoms with van der Waals surface area (Å²) in [6.07, 6.45) is 6.93. The molecular weight excluding hydrogens is 278 g/mol. The first kappa shape index (κ1) is 14.7. The molecule has 0 atom stereocenters. The van der Waals surface area contributed by atoms with E-state index in [1.807, 2.05) is 5.51 Å². The van der Waals surface area contributed by atoms with E-state index in [2.05, 4.69) is 30.1 Å². The molecule has 0 saturated carbocycles. The number of hydrogen-bond donors (Lipinski definition) is 0. The molecule has 112 valence electrons. The van der Waals surface area contributed by atoms with E-state index in [9.17, 15) is 0 Å². The number of unbranched alkanes of at least 4 members (excludes halogenated alkanes) is 1. The van der Waals surface area contributed by atoms with Gasteiger partial charge in [0.15, 0.2) is 0 Å². The van der Waals surface area contributed by atoms with Crippen molar-refractivity contribution in [1.29, 1.82) is 0 Å². The zero-order valence-electron chi connectivity index (χ0n) is 12.7. The van der Waals surface area contributed by atoms with Crippen molar-refractivity contribution in [2.75, 3.05) is 13.2 Å². The maximum absolute atomic E-state index is 5.67. The quantitative estimate of drug-likeness (QED) is 0.694. The minimum Gasteiger partial charge on any atom is -0.381 e. The van der Waals surface area contributed by atoms with Crippen LogP contribution in [0.25, 0.3) is 11.3 Å². The number of nitrogens with zero attached hydrogens (tertiary/aromatic N) is 1. The number of aryl methyl sites for hydroxylation is 2. The molecule has 0 bridgehead atoms. The Morgan fingerprint density at radius 3 is 3.00 bits per heavy atom. The molecule has 0 amide bonds. The van der Waals surface area contributed by atoms with Crippen LogP contribution in [0.2, 0.25) is 0 Å². The Labute approximate surface area is 131 Å². The first-order valence-electron chi connectivity index (χ1n) is 8.01. The highest BCUT2D eigenvalue weighted by Crippen LogP contribution is 2.36. The van der Waals surface area contributed by atoms with E-state index in [-0.39, 0.29) is 0 Å². The third-order valence-electron chi connectivity index (χ3n) is 4.15. The van der Waals surface area contributed by atoms with Gasteiger partial charge in [0.2, 0.25) is 0 Å². The van der Waals surface area contributed by atoms with Gasteiger partial charge in [-0.1, -0.05) is 31.5 Å². The van der Waals surface area contributed by atoms with Crippen LogP contribution in [0.1, 0.15) is 42.2 Å². The van der Waals surface area contributed by atoms with E-state index >= 15 is 0 Å². The van der Waals surface area contributed by atoms with Crippen LogP contribution < -0.4 is 0 Å². The van der Waals surface area contributed by atoms with E-state index in [4.69, 9.17) is 4.74 Å². The lowest BCUT2D eigenvalue weighted by atomic mass is 9.88.